The Kier molecular flexibility index (Phi) is 5.51. The maximum atomic E-state index is 11.8. The van der Waals surface area contributed by atoms with Gasteiger partial charge in [0.2, 0.25) is 0 Å². The standard InChI is InChI=1S/C16H15BrN2O2/c1-2-21-15-9-3-12(4-10-15)11-18-19-16(20)13-5-7-14(17)8-6-13/h3-11H,2H2,1H3,(H,19,20)/b18-11+. The van der Waals surface area contributed by atoms with E-state index in [2.05, 4.69) is 26.5 Å². The van der Waals surface area contributed by atoms with Crippen LogP contribution in [0.4, 0.5) is 0 Å². The van der Waals surface area contributed by atoms with Gasteiger partial charge < -0.3 is 4.74 Å². The first-order valence-corrected chi connectivity index (χ1v) is 7.30. The van der Waals surface area contributed by atoms with Gasteiger partial charge in [0.15, 0.2) is 0 Å². The minimum absolute atomic E-state index is 0.246. The molecule has 5 heteroatoms. The maximum absolute atomic E-state index is 11.8. The normalized spacial score (nSPS) is 10.6. The molecule has 0 aromatic heterocycles. The fourth-order valence-corrected chi connectivity index (χ4v) is 1.91. The molecule has 0 saturated carbocycles. The van der Waals surface area contributed by atoms with Gasteiger partial charge in [-0.1, -0.05) is 15.9 Å². The van der Waals surface area contributed by atoms with Crippen LogP contribution in [0.3, 0.4) is 0 Å². The molecule has 2 aromatic rings. The van der Waals surface area contributed by atoms with Crippen molar-refractivity contribution in [3.05, 3.63) is 64.1 Å². The predicted octanol–water partition coefficient (Wildman–Crippen LogP) is 3.61. The summed E-state index contributed by atoms with van der Waals surface area (Å²) in [6.07, 6.45) is 1.59. The van der Waals surface area contributed by atoms with Gasteiger partial charge in [-0.2, -0.15) is 5.10 Å². The molecular formula is C16H15BrN2O2. The van der Waals surface area contributed by atoms with Crippen molar-refractivity contribution in [1.29, 1.82) is 0 Å². The van der Waals surface area contributed by atoms with E-state index < -0.39 is 0 Å². The number of nitrogens with one attached hydrogen (secondary N) is 1. The number of rotatable bonds is 5. The zero-order chi connectivity index (χ0) is 15.1. The molecule has 0 unspecified atom stereocenters. The molecule has 0 aliphatic heterocycles. The van der Waals surface area contributed by atoms with Gasteiger partial charge >= 0.3 is 0 Å². The summed E-state index contributed by atoms with van der Waals surface area (Å²) < 4.78 is 6.28. The first-order chi connectivity index (χ1) is 10.2. The highest BCUT2D eigenvalue weighted by Gasteiger charge is 2.02. The van der Waals surface area contributed by atoms with Crippen molar-refractivity contribution in [3.63, 3.8) is 0 Å². The lowest BCUT2D eigenvalue weighted by molar-refractivity contribution is 0.0955. The molecule has 2 rings (SSSR count). The summed E-state index contributed by atoms with van der Waals surface area (Å²) in [5.41, 5.74) is 3.93. The number of carbonyl (C=O) groups excluding carboxylic acids is 1. The largest absolute Gasteiger partial charge is 0.494 e. The number of carbonyl (C=O) groups is 1. The highest BCUT2D eigenvalue weighted by Crippen LogP contribution is 2.11. The lowest BCUT2D eigenvalue weighted by atomic mass is 10.2. The molecule has 1 N–H and O–H groups in total. The topological polar surface area (TPSA) is 50.7 Å². The van der Waals surface area contributed by atoms with Crippen molar-refractivity contribution < 1.29 is 9.53 Å². The molecule has 0 bridgehead atoms. The summed E-state index contributed by atoms with van der Waals surface area (Å²) in [6, 6.07) is 14.6. The minimum atomic E-state index is -0.246. The van der Waals surface area contributed by atoms with Crippen LogP contribution in [0.2, 0.25) is 0 Å². The third-order valence-corrected chi connectivity index (χ3v) is 3.21. The zero-order valence-corrected chi connectivity index (χ0v) is 13.1. The fraction of sp³-hybridized carbons (Fsp3) is 0.125. The first kappa shape index (κ1) is 15.3. The van der Waals surface area contributed by atoms with Crippen molar-refractivity contribution in [2.24, 2.45) is 5.10 Å². The number of hydrazone groups is 1. The van der Waals surface area contributed by atoms with Crippen LogP contribution in [-0.2, 0) is 0 Å². The van der Waals surface area contributed by atoms with E-state index in [1.807, 2.05) is 43.3 Å². The van der Waals surface area contributed by atoms with Crippen LogP contribution in [0.25, 0.3) is 0 Å². The molecule has 108 valence electrons. The molecule has 0 heterocycles. The van der Waals surface area contributed by atoms with Gasteiger partial charge in [0.1, 0.15) is 5.75 Å². The van der Waals surface area contributed by atoms with E-state index in [1.165, 1.54) is 0 Å². The molecule has 0 spiro atoms. The van der Waals surface area contributed by atoms with E-state index >= 15 is 0 Å². The molecule has 0 aliphatic rings. The number of nitrogens with zero attached hydrogens (tertiary/aromatic N) is 1. The number of amides is 1. The highest BCUT2D eigenvalue weighted by atomic mass is 79.9. The average Bonchev–Trinajstić information content (AvgIpc) is 2.50. The van der Waals surface area contributed by atoms with Crippen LogP contribution >= 0.6 is 15.9 Å². The number of hydrogen-bond acceptors (Lipinski definition) is 3. The van der Waals surface area contributed by atoms with E-state index in [-0.39, 0.29) is 5.91 Å². The predicted molar refractivity (Wildman–Crippen MR) is 86.8 cm³/mol. The summed E-state index contributed by atoms with van der Waals surface area (Å²) in [5.74, 6) is 0.568. The van der Waals surface area contributed by atoms with E-state index in [0.29, 0.717) is 12.2 Å². The van der Waals surface area contributed by atoms with Crippen molar-refractivity contribution in [1.82, 2.24) is 5.43 Å². The van der Waals surface area contributed by atoms with E-state index in [1.54, 1.807) is 18.3 Å². The van der Waals surface area contributed by atoms with Gasteiger partial charge in [0.05, 0.1) is 12.8 Å². The van der Waals surface area contributed by atoms with Gasteiger partial charge in [-0.05, 0) is 61.0 Å². The number of hydrogen-bond donors (Lipinski definition) is 1. The van der Waals surface area contributed by atoms with Gasteiger partial charge in [-0.15, -0.1) is 0 Å². The number of benzene rings is 2. The molecule has 0 saturated heterocycles. The van der Waals surface area contributed by atoms with E-state index in [9.17, 15) is 4.79 Å². The van der Waals surface area contributed by atoms with E-state index in [0.717, 1.165) is 15.8 Å². The van der Waals surface area contributed by atoms with Crippen molar-refractivity contribution in [3.8, 4) is 5.75 Å². The summed E-state index contributed by atoms with van der Waals surface area (Å²) in [6.45, 7) is 2.57. The molecule has 1 amide bonds. The van der Waals surface area contributed by atoms with Crippen molar-refractivity contribution in [2.75, 3.05) is 6.61 Å². The molecule has 2 aromatic carbocycles. The monoisotopic (exact) mass is 346 g/mol. The Labute approximate surface area is 132 Å². The third kappa shape index (κ3) is 4.72. The zero-order valence-electron chi connectivity index (χ0n) is 11.5. The first-order valence-electron chi connectivity index (χ1n) is 6.51. The maximum Gasteiger partial charge on any atom is 0.271 e. The van der Waals surface area contributed by atoms with Crippen LogP contribution in [0.15, 0.2) is 58.1 Å². The Balaban J connectivity index is 1.92. The quantitative estimate of drug-likeness (QED) is 0.664. The van der Waals surface area contributed by atoms with Crippen LogP contribution in [0.1, 0.15) is 22.8 Å². The summed E-state index contributed by atoms with van der Waals surface area (Å²) in [5, 5.41) is 3.94. The van der Waals surface area contributed by atoms with E-state index in [4.69, 9.17) is 4.74 Å². The van der Waals surface area contributed by atoms with Crippen molar-refractivity contribution in [2.45, 2.75) is 6.92 Å². The second kappa shape index (κ2) is 7.59. The summed E-state index contributed by atoms with van der Waals surface area (Å²) in [4.78, 5) is 11.8. The lowest BCUT2D eigenvalue weighted by Gasteiger charge is -2.02. The Hall–Kier alpha value is -2.14. The number of halogens is 1. The molecule has 0 fully saturated rings. The minimum Gasteiger partial charge on any atom is -0.494 e. The fourth-order valence-electron chi connectivity index (χ4n) is 1.65. The Bertz CT molecular complexity index is 622. The van der Waals surface area contributed by atoms with Crippen molar-refractivity contribution >= 4 is 28.1 Å². The SMILES string of the molecule is CCOc1ccc(/C=N/NC(=O)c2ccc(Br)cc2)cc1. The molecule has 4 nitrogen and oxygen atoms in total. The molecule has 0 aliphatic carbocycles. The molecule has 0 atom stereocenters. The third-order valence-electron chi connectivity index (χ3n) is 2.68. The average molecular weight is 347 g/mol. The molecule has 0 radical (unpaired) electrons. The van der Waals surface area contributed by atoms with Gasteiger partial charge in [0.25, 0.3) is 5.91 Å². The Morgan fingerprint density at radius 2 is 1.86 bits per heavy atom. The summed E-state index contributed by atoms with van der Waals surface area (Å²) >= 11 is 3.32. The molecule has 21 heavy (non-hydrogen) atoms. The Morgan fingerprint density at radius 3 is 2.48 bits per heavy atom. The second-order valence-corrected chi connectivity index (χ2v) is 5.12. The van der Waals surface area contributed by atoms with Crippen LogP contribution in [0.5, 0.6) is 5.75 Å². The molecular weight excluding hydrogens is 332 g/mol. The second-order valence-electron chi connectivity index (χ2n) is 4.21. The van der Waals surface area contributed by atoms with Gasteiger partial charge in [0, 0.05) is 10.0 Å². The smallest absolute Gasteiger partial charge is 0.271 e. The highest BCUT2D eigenvalue weighted by molar-refractivity contribution is 9.10. The lowest BCUT2D eigenvalue weighted by Crippen LogP contribution is -2.17. The van der Waals surface area contributed by atoms with Crippen LogP contribution in [0, 0.1) is 0 Å². The Morgan fingerprint density at radius 1 is 1.19 bits per heavy atom. The van der Waals surface area contributed by atoms with Gasteiger partial charge in [-0.3, -0.25) is 4.79 Å². The summed E-state index contributed by atoms with van der Waals surface area (Å²) in [7, 11) is 0. The number of ether oxygens (including phenoxy) is 1. The van der Waals surface area contributed by atoms with Crippen LogP contribution in [-0.4, -0.2) is 18.7 Å². The van der Waals surface area contributed by atoms with Gasteiger partial charge in [-0.25, -0.2) is 5.43 Å². The van der Waals surface area contributed by atoms with Crippen LogP contribution < -0.4 is 10.2 Å².